The maximum Gasteiger partial charge on any atom is 0.290 e. The molecule has 29 heavy (non-hydrogen) atoms. The minimum absolute atomic E-state index is 0.0307. The number of methoxy groups -OCH3 is 1. The molecule has 2 aliphatic rings. The molecule has 0 bridgehead atoms. The van der Waals surface area contributed by atoms with Crippen LogP contribution < -0.4 is 4.74 Å². The van der Waals surface area contributed by atoms with E-state index in [0.717, 1.165) is 12.8 Å². The number of carbonyl (C=O) groups excluding carboxylic acids is 2. The number of phenols is 1. The van der Waals surface area contributed by atoms with E-state index in [4.69, 9.17) is 9.47 Å². The number of hydrogen-bond donors (Lipinski definition) is 2. The lowest BCUT2D eigenvalue weighted by atomic mass is 9.95. The zero-order valence-electron chi connectivity index (χ0n) is 15.8. The van der Waals surface area contributed by atoms with Crippen molar-refractivity contribution in [2.24, 2.45) is 0 Å². The zero-order valence-corrected chi connectivity index (χ0v) is 16.6. The zero-order chi connectivity index (χ0) is 20.5. The molecular weight excluding hydrogens is 394 g/mol. The summed E-state index contributed by atoms with van der Waals surface area (Å²) >= 11 is 1.25. The Morgan fingerprint density at radius 3 is 2.83 bits per heavy atom. The lowest BCUT2D eigenvalue weighted by molar-refractivity contribution is -0.131. The summed E-state index contributed by atoms with van der Waals surface area (Å²) in [7, 11) is 1.42. The molecule has 0 radical (unpaired) electrons. The minimum atomic E-state index is -0.796. The number of hydrogen-bond acceptors (Lipinski definition) is 7. The SMILES string of the molecule is COc1cc(C2C(C(=O)c3cccs3)=C(O)C(=O)N2CC2CCCO2)ccc1O. The first-order chi connectivity index (χ1) is 14.0. The van der Waals surface area contributed by atoms with Crippen LogP contribution in [0, 0.1) is 0 Å². The van der Waals surface area contributed by atoms with Gasteiger partial charge in [-0.15, -0.1) is 11.3 Å². The van der Waals surface area contributed by atoms with Gasteiger partial charge in [0.05, 0.1) is 29.7 Å². The maximum absolute atomic E-state index is 13.2. The molecule has 8 heteroatoms. The third-order valence-electron chi connectivity index (χ3n) is 5.24. The van der Waals surface area contributed by atoms with Crippen molar-refractivity contribution in [2.75, 3.05) is 20.3 Å². The van der Waals surface area contributed by atoms with Gasteiger partial charge in [-0.25, -0.2) is 0 Å². The Morgan fingerprint density at radius 2 is 2.17 bits per heavy atom. The summed E-state index contributed by atoms with van der Waals surface area (Å²) in [6.45, 7) is 0.892. The Morgan fingerprint density at radius 1 is 1.34 bits per heavy atom. The first-order valence-electron chi connectivity index (χ1n) is 9.32. The minimum Gasteiger partial charge on any atom is -0.504 e. The summed E-state index contributed by atoms with van der Waals surface area (Å²) in [5.41, 5.74) is 0.596. The summed E-state index contributed by atoms with van der Waals surface area (Å²) in [6.07, 6.45) is 1.57. The summed E-state index contributed by atoms with van der Waals surface area (Å²) in [6, 6.07) is 7.26. The average molecular weight is 415 g/mol. The molecule has 152 valence electrons. The number of aromatic hydroxyl groups is 1. The molecule has 4 rings (SSSR count). The van der Waals surface area contributed by atoms with E-state index >= 15 is 0 Å². The van der Waals surface area contributed by atoms with E-state index in [1.54, 1.807) is 29.6 Å². The second-order valence-corrected chi connectivity index (χ2v) is 7.94. The molecule has 1 aromatic carbocycles. The van der Waals surface area contributed by atoms with Gasteiger partial charge in [0.2, 0.25) is 5.78 Å². The standard InChI is InChI=1S/C21H21NO6S/c1-27-15-10-12(6-7-14(15)23)18-17(19(24)16-5-3-9-29-16)20(25)21(26)22(18)11-13-4-2-8-28-13/h3,5-7,9-10,13,18,23,25H,2,4,8,11H2,1H3. The molecule has 2 N–H and O–H groups in total. The van der Waals surface area contributed by atoms with Crippen molar-refractivity contribution in [2.45, 2.75) is 25.0 Å². The Kier molecular flexibility index (Phi) is 5.29. The highest BCUT2D eigenvalue weighted by molar-refractivity contribution is 7.12. The highest BCUT2D eigenvalue weighted by Gasteiger charge is 2.45. The van der Waals surface area contributed by atoms with Crippen LogP contribution in [0.1, 0.15) is 34.1 Å². The first kappa shape index (κ1) is 19.5. The van der Waals surface area contributed by atoms with Gasteiger partial charge in [-0.05, 0) is 42.0 Å². The van der Waals surface area contributed by atoms with E-state index < -0.39 is 23.5 Å². The number of thiophene rings is 1. The first-order valence-corrected chi connectivity index (χ1v) is 10.2. The number of Topliss-reactive ketones (excluding diaryl/α,β-unsaturated/α-hetero) is 1. The molecule has 0 spiro atoms. The van der Waals surface area contributed by atoms with Crippen LogP contribution in [0.3, 0.4) is 0 Å². The Labute approximate surface area is 171 Å². The van der Waals surface area contributed by atoms with Crippen LogP contribution in [-0.4, -0.2) is 53.2 Å². The van der Waals surface area contributed by atoms with Gasteiger partial charge in [-0.1, -0.05) is 12.1 Å². The Bertz CT molecular complexity index is 962. The molecule has 2 unspecified atom stereocenters. The second-order valence-electron chi connectivity index (χ2n) is 7.00. The third kappa shape index (κ3) is 3.49. The topological polar surface area (TPSA) is 96.3 Å². The number of ketones is 1. The largest absolute Gasteiger partial charge is 0.504 e. The van der Waals surface area contributed by atoms with E-state index in [0.29, 0.717) is 17.0 Å². The predicted molar refractivity (Wildman–Crippen MR) is 106 cm³/mol. The number of amides is 1. The lowest BCUT2D eigenvalue weighted by Crippen LogP contribution is -2.37. The second kappa shape index (κ2) is 7.88. The van der Waals surface area contributed by atoms with Gasteiger partial charge in [0.15, 0.2) is 17.3 Å². The van der Waals surface area contributed by atoms with Crippen molar-refractivity contribution < 1.29 is 29.3 Å². The van der Waals surface area contributed by atoms with Gasteiger partial charge < -0.3 is 24.6 Å². The fourth-order valence-electron chi connectivity index (χ4n) is 3.83. The summed E-state index contributed by atoms with van der Waals surface area (Å²) in [5, 5.41) is 22.4. The molecule has 3 heterocycles. The van der Waals surface area contributed by atoms with Crippen molar-refractivity contribution >= 4 is 23.0 Å². The van der Waals surface area contributed by atoms with Crippen molar-refractivity contribution in [1.82, 2.24) is 4.90 Å². The van der Waals surface area contributed by atoms with Crippen LogP contribution >= 0.6 is 11.3 Å². The quantitative estimate of drug-likeness (QED) is 0.704. The fourth-order valence-corrected chi connectivity index (χ4v) is 4.51. The van der Waals surface area contributed by atoms with Gasteiger partial charge in [-0.2, -0.15) is 0 Å². The molecule has 1 amide bonds. The fraction of sp³-hybridized carbons (Fsp3) is 0.333. The molecule has 1 aromatic heterocycles. The van der Waals surface area contributed by atoms with Gasteiger partial charge in [0.1, 0.15) is 0 Å². The van der Waals surface area contributed by atoms with Crippen molar-refractivity contribution in [3.8, 4) is 11.5 Å². The van der Waals surface area contributed by atoms with E-state index in [1.807, 2.05) is 0 Å². The molecular formula is C21H21NO6S. The molecule has 2 aliphatic heterocycles. The molecule has 0 aliphatic carbocycles. The number of carbonyl (C=O) groups is 2. The van der Waals surface area contributed by atoms with Gasteiger partial charge in [0.25, 0.3) is 5.91 Å². The number of nitrogens with zero attached hydrogens (tertiary/aromatic N) is 1. The Balaban J connectivity index is 1.78. The monoisotopic (exact) mass is 415 g/mol. The summed E-state index contributed by atoms with van der Waals surface area (Å²) in [4.78, 5) is 28.0. The third-order valence-corrected chi connectivity index (χ3v) is 6.11. The number of benzene rings is 1. The highest BCUT2D eigenvalue weighted by Crippen LogP contribution is 2.42. The summed E-state index contributed by atoms with van der Waals surface area (Å²) in [5.74, 6) is -1.36. The van der Waals surface area contributed by atoms with E-state index in [-0.39, 0.29) is 29.7 Å². The smallest absolute Gasteiger partial charge is 0.290 e. The molecule has 2 atom stereocenters. The number of aliphatic hydroxyl groups excluding tert-OH is 1. The predicted octanol–water partition coefficient (Wildman–Crippen LogP) is 3.22. The van der Waals surface area contributed by atoms with Crippen molar-refractivity contribution in [3.63, 3.8) is 0 Å². The number of rotatable bonds is 6. The van der Waals surface area contributed by atoms with Crippen LogP contribution in [0.15, 0.2) is 47.0 Å². The van der Waals surface area contributed by atoms with Crippen molar-refractivity contribution in [1.29, 1.82) is 0 Å². The molecule has 0 saturated carbocycles. The maximum atomic E-state index is 13.2. The lowest BCUT2D eigenvalue weighted by Gasteiger charge is -2.29. The van der Waals surface area contributed by atoms with E-state index in [1.165, 1.54) is 29.4 Å². The van der Waals surface area contributed by atoms with Crippen LogP contribution in [0.2, 0.25) is 0 Å². The number of aliphatic hydroxyl groups is 1. The van der Waals surface area contributed by atoms with Gasteiger partial charge >= 0.3 is 0 Å². The van der Waals surface area contributed by atoms with Gasteiger partial charge in [0, 0.05) is 13.2 Å². The highest BCUT2D eigenvalue weighted by atomic mass is 32.1. The average Bonchev–Trinajstić information content (AvgIpc) is 3.47. The van der Waals surface area contributed by atoms with Crippen LogP contribution in [0.5, 0.6) is 11.5 Å². The van der Waals surface area contributed by atoms with Crippen molar-refractivity contribution in [3.05, 3.63) is 57.5 Å². The Hall–Kier alpha value is -2.84. The normalized spacial score (nSPS) is 21.8. The molecule has 1 fully saturated rings. The van der Waals surface area contributed by atoms with Crippen LogP contribution in [-0.2, 0) is 9.53 Å². The molecule has 2 aromatic rings. The summed E-state index contributed by atoms with van der Waals surface area (Å²) < 4.78 is 10.9. The van der Waals surface area contributed by atoms with E-state index in [2.05, 4.69) is 0 Å². The number of ether oxygens (including phenoxy) is 2. The number of phenolic OH excluding ortho intramolecular Hbond substituents is 1. The molecule has 1 saturated heterocycles. The van der Waals surface area contributed by atoms with Gasteiger partial charge in [-0.3, -0.25) is 9.59 Å². The van der Waals surface area contributed by atoms with E-state index in [9.17, 15) is 19.8 Å². The van der Waals surface area contributed by atoms with Crippen LogP contribution in [0.25, 0.3) is 0 Å². The van der Waals surface area contributed by atoms with Crippen LogP contribution in [0.4, 0.5) is 0 Å². The molecule has 7 nitrogen and oxygen atoms in total.